The Labute approximate surface area is 185 Å². The van der Waals surface area contributed by atoms with Gasteiger partial charge in [-0.25, -0.2) is 9.78 Å². The van der Waals surface area contributed by atoms with E-state index in [1.807, 2.05) is 6.92 Å². The Kier molecular flexibility index (Phi) is 10.3. The number of carbonyl (C=O) groups excluding carboxylic acids is 4. The molecule has 0 fully saturated rings. The van der Waals surface area contributed by atoms with E-state index in [2.05, 4.69) is 25.9 Å². The molecule has 32 heavy (non-hydrogen) atoms. The Morgan fingerprint density at radius 3 is 2.25 bits per heavy atom. The van der Waals surface area contributed by atoms with Gasteiger partial charge in [0.25, 0.3) is 0 Å². The molecule has 1 heterocycles. The van der Waals surface area contributed by atoms with Gasteiger partial charge in [0, 0.05) is 18.3 Å². The Balaban J connectivity index is 2.82. The molecule has 0 bridgehead atoms. The highest BCUT2D eigenvalue weighted by molar-refractivity contribution is 5.94. The second-order valence-corrected chi connectivity index (χ2v) is 7.56. The number of aromatic nitrogens is 2. The molecule has 1 rings (SSSR count). The number of carbonyl (C=O) groups is 5. The molecule has 1 aromatic heterocycles. The number of amides is 4. The van der Waals surface area contributed by atoms with Gasteiger partial charge in [-0.05, 0) is 12.8 Å². The summed E-state index contributed by atoms with van der Waals surface area (Å²) < 4.78 is 0. The van der Waals surface area contributed by atoms with Crippen LogP contribution in [0.1, 0.15) is 39.3 Å². The fraction of sp³-hybridized carbons (Fsp3) is 0.579. The van der Waals surface area contributed by atoms with Crippen LogP contribution < -0.4 is 27.4 Å². The summed E-state index contributed by atoms with van der Waals surface area (Å²) in [6.07, 6.45) is 2.95. The molecule has 0 aliphatic rings. The van der Waals surface area contributed by atoms with E-state index in [1.165, 1.54) is 19.4 Å². The standard InChI is InChI=1S/C19H31N7O6/c1-4-9(2)15(18(30)25-13(19(31)32)5-11-7-22-8-23-11)26-16(28)10(3)24-17(29)12(20)6-14(21)27/h7-10,12-13,15H,4-6,20H2,1-3H3,(H2,21,27)(H,22,23)(H,24,29)(H,25,30)(H,26,28)(H,31,32). The molecule has 9 N–H and O–H groups in total. The summed E-state index contributed by atoms with van der Waals surface area (Å²) in [4.78, 5) is 66.4. The lowest BCUT2D eigenvalue weighted by molar-refractivity contribution is -0.142. The summed E-state index contributed by atoms with van der Waals surface area (Å²) in [6, 6.07) is -4.57. The molecule has 5 unspecified atom stereocenters. The second-order valence-electron chi connectivity index (χ2n) is 7.56. The zero-order valence-electron chi connectivity index (χ0n) is 18.3. The normalized spacial score (nSPS) is 15.5. The number of carboxylic acids is 1. The number of aliphatic carboxylic acids is 1. The second kappa shape index (κ2) is 12.4. The van der Waals surface area contributed by atoms with Gasteiger partial charge < -0.3 is 37.5 Å². The summed E-state index contributed by atoms with van der Waals surface area (Å²) in [5.41, 5.74) is 11.1. The Morgan fingerprint density at radius 1 is 1.09 bits per heavy atom. The number of H-pyrrole nitrogens is 1. The van der Waals surface area contributed by atoms with E-state index in [0.29, 0.717) is 12.1 Å². The maximum absolute atomic E-state index is 12.8. The zero-order valence-corrected chi connectivity index (χ0v) is 18.3. The highest BCUT2D eigenvalue weighted by Crippen LogP contribution is 2.10. The molecule has 0 aliphatic carbocycles. The van der Waals surface area contributed by atoms with E-state index in [9.17, 15) is 29.1 Å². The number of nitrogens with zero attached hydrogens (tertiary/aromatic N) is 1. The van der Waals surface area contributed by atoms with Gasteiger partial charge in [0.15, 0.2) is 0 Å². The fourth-order valence-electron chi connectivity index (χ4n) is 2.75. The quantitative estimate of drug-likeness (QED) is 0.172. The van der Waals surface area contributed by atoms with Crippen molar-refractivity contribution < 1.29 is 29.1 Å². The van der Waals surface area contributed by atoms with Crippen molar-refractivity contribution in [1.82, 2.24) is 25.9 Å². The van der Waals surface area contributed by atoms with Crippen molar-refractivity contribution in [2.24, 2.45) is 17.4 Å². The number of hydrogen-bond donors (Lipinski definition) is 7. The van der Waals surface area contributed by atoms with Crippen molar-refractivity contribution in [3.8, 4) is 0 Å². The summed E-state index contributed by atoms with van der Waals surface area (Å²) in [5.74, 6) is -4.44. The molecule has 4 amide bonds. The smallest absolute Gasteiger partial charge is 0.326 e. The van der Waals surface area contributed by atoms with Gasteiger partial charge in [-0.3, -0.25) is 19.2 Å². The van der Waals surface area contributed by atoms with Crippen molar-refractivity contribution in [2.75, 3.05) is 0 Å². The van der Waals surface area contributed by atoms with Crippen molar-refractivity contribution >= 4 is 29.6 Å². The van der Waals surface area contributed by atoms with Crippen LogP contribution >= 0.6 is 0 Å². The number of nitrogens with two attached hydrogens (primary N) is 2. The Hall–Kier alpha value is -3.48. The largest absolute Gasteiger partial charge is 0.480 e. The van der Waals surface area contributed by atoms with Crippen molar-refractivity contribution in [3.05, 3.63) is 18.2 Å². The van der Waals surface area contributed by atoms with Gasteiger partial charge in [-0.2, -0.15) is 0 Å². The predicted octanol–water partition coefficient (Wildman–Crippen LogP) is -2.24. The average molecular weight is 454 g/mol. The molecule has 13 heteroatoms. The van der Waals surface area contributed by atoms with Crippen LogP contribution in [0.4, 0.5) is 0 Å². The van der Waals surface area contributed by atoms with Crippen LogP contribution in [0, 0.1) is 5.92 Å². The Bertz CT molecular complexity index is 813. The third-order valence-electron chi connectivity index (χ3n) is 4.90. The molecule has 13 nitrogen and oxygen atoms in total. The first-order valence-electron chi connectivity index (χ1n) is 10.1. The lowest BCUT2D eigenvalue weighted by Gasteiger charge is -2.27. The first kappa shape index (κ1) is 26.6. The lowest BCUT2D eigenvalue weighted by atomic mass is 9.97. The Morgan fingerprint density at radius 2 is 1.75 bits per heavy atom. The van der Waals surface area contributed by atoms with Crippen molar-refractivity contribution in [3.63, 3.8) is 0 Å². The van der Waals surface area contributed by atoms with Crippen molar-refractivity contribution in [1.29, 1.82) is 0 Å². The number of hydrogen-bond acceptors (Lipinski definition) is 7. The number of rotatable bonds is 13. The van der Waals surface area contributed by atoms with Crippen LogP contribution in [0.25, 0.3) is 0 Å². The molecule has 0 saturated heterocycles. The zero-order chi connectivity index (χ0) is 24.4. The molecule has 0 radical (unpaired) electrons. The molecule has 178 valence electrons. The summed E-state index contributed by atoms with van der Waals surface area (Å²) in [5, 5.41) is 16.8. The highest BCUT2D eigenvalue weighted by Gasteiger charge is 2.31. The lowest BCUT2D eigenvalue weighted by Crippen LogP contribution is -2.58. The van der Waals surface area contributed by atoms with Crippen LogP contribution in [0.2, 0.25) is 0 Å². The van der Waals surface area contributed by atoms with E-state index < -0.39 is 53.8 Å². The van der Waals surface area contributed by atoms with Crippen LogP contribution in [-0.4, -0.2) is 68.8 Å². The minimum atomic E-state index is -1.24. The van der Waals surface area contributed by atoms with Gasteiger partial charge in [-0.1, -0.05) is 20.3 Å². The summed E-state index contributed by atoms with van der Waals surface area (Å²) in [7, 11) is 0. The van der Waals surface area contributed by atoms with E-state index in [4.69, 9.17) is 11.5 Å². The first-order chi connectivity index (χ1) is 15.0. The van der Waals surface area contributed by atoms with E-state index in [-0.39, 0.29) is 18.8 Å². The first-order valence-corrected chi connectivity index (χ1v) is 10.1. The molecule has 0 spiro atoms. The molecule has 5 atom stereocenters. The minimum Gasteiger partial charge on any atom is -0.480 e. The van der Waals surface area contributed by atoms with Crippen molar-refractivity contribution in [2.45, 2.75) is 64.2 Å². The maximum Gasteiger partial charge on any atom is 0.326 e. The molecule has 0 saturated carbocycles. The summed E-state index contributed by atoms with van der Waals surface area (Å²) in [6.45, 7) is 4.92. The van der Waals surface area contributed by atoms with Crippen LogP contribution in [0.3, 0.4) is 0 Å². The minimum absolute atomic E-state index is 0.0214. The number of primary amides is 1. The number of aromatic amines is 1. The molecule has 1 aromatic rings. The predicted molar refractivity (Wildman–Crippen MR) is 113 cm³/mol. The van der Waals surface area contributed by atoms with E-state index >= 15 is 0 Å². The number of nitrogens with one attached hydrogen (secondary N) is 4. The van der Waals surface area contributed by atoms with Crippen LogP contribution in [0.5, 0.6) is 0 Å². The van der Waals surface area contributed by atoms with Crippen LogP contribution in [0.15, 0.2) is 12.5 Å². The monoisotopic (exact) mass is 453 g/mol. The fourth-order valence-corrected chi connectivity index (χ4v) is 2.75. The van der Waals surface area contributed by atoms with Gasteiger partial charge >= 0.3 is 5.97 Å². The summed E-state index contributed by atoms with van der Waals surface area (Å²) >= 11 is 0. The van der Waals surface area contributed by atoms with Crippen LogP contribution in [-0.2, 0) is 30.4 Å². The van der Waals surface area contributed by atoms with Gasteiger partial charge in [-0.15, -0.1) is 0 Å². The third-order valence-corrected chi connectivity index (χ3v) is 4.90. The maximum atomic E-state index is 12.8. The third kappa shape index (κ3) is 8.34. The molecule has 0 aliphatic heterocycles. The number of imidazole rings is 1. The number of carboxylic acid groups (broad SMARTS) is 1. The SMILES string of the molecule is CCC(C)C(NC(=O)C(C)NC(=O)C(N)CC(N)=O)C(=O)NC(Cc1cnc[nH]1)C(=O)O. The molecular formula is C19H31N7O6. The van der Waals surface area contributed by atoms with E-state index in [1.54, 1.807) is 6.92 Å². The molecular weight excluding hydrogens is 422 g/mol. The van der Waals surface area contributed by atoms with Gasteiger partial charge in [0.1, 0.15) is 18.1 Å². The topological polar surface area (TPSA) is 222 Å². The average Bonchev–Trinajstić information content (AvgIpc) is 3.22. The van der Waals surface area contributed by atoms with Gasteiger partial charge in [0.05, 0.1) is 18.8 Å². The highest BCUT2D eigenvalue weighted by atomic mass is 16.4. The van der Waals surface area contributed by atoms with E-state index in [0.717, 1.165) is 0 Å². The van der Waals surface area contributed by atoms with Gasteiger partial charge in [0.2, 0.25) is 23.6 Å². The molecule has 0 aromatic carbocycles.